The molecule has 138 valence electrons. The molecule has 0 saturated heterocycles. The third-order valence-electron chi connectivity index (χ3n) is 4.88. The minimum atomic E-state index is -2.97. The van der Waals surface area contributed by atoms with Crippen LogP contribution < -0.4 is 14.8 Å². The lowest BCUT2D eigenvalue weighted by atomic mass is 9.78. The lowest BCUT2D eigenvalue weighted by Crippen LogP contribution is -2.43. The lowest BCUT2D eigenvalue weighted by molar-refractivity contribution is -0.117. The van der Waals surface area contributed by atoms with Crippen LogP contribution >= 0.6 is 0 Å². The second-order valence-corrected chi connectivity index (χ2v) is 6.47. The van der Waals surface area contributed by atoms with Gasteiger partial charge in [-0.2, -0.15) is 8.78 Å². The third-order valence-corrected chi connectivity index (χ3v) is 4.88. The largest absolute Gasteiger partial charge is 0.493 e. The quantitative estimate of drug-likeness (QED) is 0.778. The summed E-state index contributed by atoms with van der Waals surface area (Å²) in [4.78, 5) is 12.2. The summed E-state index contributed by atoms with van der Waals surface area (Å²) in [5, 5.41) is 3.01. The molecule has 1 saturated carbocycles. The normalized spacial score (nSPS) is 23.7. The monoisotopic (exact) mass is 353 g/mol. The maximum Gasteiger partial charge on any atom is 0.387 e. The van der Waals surface area contributed by atoms with Gasteiger partial charge in [-0.05, 0) is 30.4 Å². The number of benzene rings is 1. The van der Waals surface area contributed by atoms with Crippen molar-refractivity contribution >= 4 is 12.0 Å². The highest BCUT2D eigenvalue weighted by molar-refractivity contribution is 5.92. The van der Waals surface area contributed by atoms with Crippen molar-refractivity contribution in [1.29, 1.82) is 0 Å². The zero-order valence-electron chi connectivity index (χ0n) is 14.8. The van der Waals surface area contributed by atoms with Crippen molar-refractivity contribution in [1.82, 2.24) is 5.32 Å². The Morgan fingerprint density at radius 1 is 1.32 bits per heavy atom. The molecule has 1 amide bonds. The van der Waals surface area contributed by atoms with Gasteiger partial charge in [0.05, 0.1) is 7.11 Å². The molecule has 1 aromatic carbocycles. The van der Waals surface area contributed by atoms with Crippen LogP contribution in [0.15, 0.2) is 24.3 Å². The number of halogens is 2. The first-order chi connectivity index (χ1) is 11.9. The first-order valence-electron chi connectivity index (χ1n) is 8.52. The Balaban J connectivity index is 2.09. The number of hydrogen-bond acceptors (Lipinski definition) is 3. The summed E-state index contributed by atoms with van der Waals surface area (Å²) in [5.74, 6) is 0.867. The molecular formula is C19H25F2NO3. The molecule has 0 bridgehead atoms. The van der Waals surface area contributed by atoms with Crippen LogP contribution in [0, 0.1) is 11.8 Å². The van der Waals surface area contributed by atoms with Crippen LogP contribution in [0.1, 0.15) is 38.7 Å². The zero-order chi connectivity index (χ0) is 18.4. The predicted molar refractivity (Wildman–Crippen MR) is 92.8 cm³/mol. The fraction of sp³-hybridized carbons (Fsp3) is 0.526. The zero-order valence-corrected chi connectivity index (χ0v) is 14.8. The number of carbonyl (C=O) groups is 1. The molecule has 0 radical (unpaired) electrons. The van der Waals surface area contributed by atoms with E-state index in [0.29, 0.717) is 17.4 Å². The Bertz CT molecular complexity index is 619. The minimum absolute atomic E-state index is 0.0799. The Morgan fingerprint density at radius 3 is 2.76 bits per heavy atom. The predicted octanol–water partition coefficient (Wildman–Crippen LogP) is 4.25. The third kappa shape index (κ3) is 5.18. The highest BCUT2D eigenvalue weighted by Crippen LogP contribution is 2.33. The maximum atomic E-state index is 12.6. The number of para-hydroxylation sites is 1. The van der Waals surface area contributed by atoms with Crippen LogP contribution in [-0.2, 0) is 4.79 Å². The van der Waals surface area contributed by atoms with Crippen molar-refractivity contribution < 1.29 is 23.0 Å². The molecule has 1 aliphatic rings. The average molecular weight is 353 g/mol. The van der Waals surface area contributed by atoms with Gasteiger partial charge >= 0.3 is 6.61 Å². The van der Waals surface area contributed by atoms with Crippen molar-refractivity contribution in [2.45, 2.75) is 45.8 Å². The first-order valence-corrected chi connectivity index (χ1v) is 8.52. The molecule has 0 aromatic heterocycles. The van der Waals surface area contributed by atoms with Gasteiger partial charge in [-0.3, -0.25) is 4.79 Å². The standard InChI is InChI=1S/C19H25F2NO3/c1-12-6-4-8-15(13(12)2)22-17(23)11-10-14-7-5-9-16(24-3)18(14)25-19(20)21/h5,7,9-13,15,19H,4,6,8H2,1-3H3,(H,22,23)/b11-10+/t12-,13+,15+/m0/s1. The molecule has 25 heavy (non-hydrogen) atoms. The Hall–Kier alpha value is -2.11. The number of nitrogens with one attached hydrogen (secondary N) is 1. The van der Waals surface area contributed by atoms with Gasteiger partial charge in [0.1, 0.15) is 0 Å². The molecular weight excluding hydrogens is 328 g/mol. The van der Waals surface area contributed by atoms with Crippen LogP contribution in [-0.4, -0.2) is 25.7 Å². The number of rotatable bonds is 6. The summed E-state index contributed by atoms with van der Waals surface area (Å²) in [7, 11) is 1.37. The van der Waals surface area contributed by atoms with Crippen LogP contribution in [0.5, 0.6) is 11.5 Å². The van der Waals surface area contributed by atoms with E-state index in [1.165, 1.54) is 31.7 Å². The van der Waals surface area contributed by atoms with E-state index in [1.54, 1.807) is 12.1 Å². The number of methoxy groups -OCH3 is 1. The molecule has 3 atom stereocenters. The molecule has 2 rings (SSSR count). The van der Waals surface area contributed by atoms with Crippen molar-refractivity contribution in [3.63, 3.8) is 0 Å². The Labute approximate surface area is 147 Å². The van der Waals surface area contributed by atoms with Crippen LogP contribution in [0.4, 0.5) is 8.78 Å². The minimum Gasteiger partial charge on any atom is -0.493 e. The molecule has 0 heterocycles. The molecule has 0 unspecified atom stereocenters. The molecule has 1 fully saturated rings. The fourth-order valence-corrected chi connectivity index (χ4v) is 3.22. The van der Waals surface area contributed by atoms with Gasteiger partial charge in [-0.15, -0.1) is 0 Å². The summed E-state index contributed by atoms with van der Waals surface area (Å²) in [6.07, 6.45) is 6.06. The van der Waals surface area contributed by atoms with E-state index in [4.69, 9.17) is 4.74 Å². The van der Waals surface area contributed by atoms with Gasteiger partial charge in [-0.25, -0.2) is 0 Å². The molecule has 0 aliphatic heterocycles. The summed E-state index contributed by atoms with van der Waals surface area (Å²) >= 11 is 0. The number of alkyl halides is 2. The van der Waals surface area contributed by atoms with Gasteiger partial charge < -0.3 is 14.8 Å². The molecule has 0 spiro atoms. The van der Waals surface area contributed by atoms with E-state index in [9.17, 15) is 13.6 Å². The summed E-state index contributed by atoms with van der Waals surface area (Å²) < 4.78 is 34.8. The van der Waals surface area contributed by atoms with Gasteiger partial charge in [0.2, 0.25) is 5.91 Å². The van der Waals surface area contributed by atoms with Gasteiger partial charge in [0.25, 0.3) is 0 Å². The van der Waals surface area contributed by atoms with E-state index in [-0.39, 0.29) is 23.4 Å². The van der Waals surface area contributed by atoms with Crippen molar-refractivity contribution in [3.05, 3.63) is 29.8 Å². The molecule has 4 nitrogen and oxygen atoms in total. The smallest absolute Gasteiger partial charge is 0.387 e. The van der Waals surface area contributed by atoms with Crippen LogP contribution in [0.3, 0.4) is 0 Å². The molecule has 6 heteroatoms. The summed E-state index contributed by atoms with van der Waals surface area (Å²) in [5.41, 5.74) is 0.361. The first kappa shape index (κ1) is 19.2. The summed E-state index contributed by atoms with van der Waals surface area (Å²) in [6.45, 7) is 1.37. The molecule has 1 N–H and O–H groups in total. The highest BCUT2D eigenvalue weighted by Gasteiger charge is 2.27. The number of ether oxygens (including phenoxy) is 2. The second kappa shape index (κ2) is 8.83. The lowest BCUT2D eigenvalue weighted by Gasteiger charge is -2.34. The second-order valence-electron chi connectivity index (χ2n) is 6.47. The Morgan fingerprint density at radius 2 is 2.08 bits per heavy atom. The van der Waals surface area contributed by atoms with Crippen molar-refractivity contribution in [2.75, 3.05) is 7.11 Å². The fourth-order valence-electron chi connectivity index (χ4n) is 3.22. The highest BCUT2D eigenvalue weighted by atomic mass is 19.3. The van der Waals surface area contributed by atoms with Crippen LogP contribution in [0.25, 0.3) is 6.08 Å². The van der Waals surface area contributed by atoms with Crippen molar-refractivity contribution in [2.24, 2.45) is 11.8 Å². The maximum absolute atomic E-state index is 12.6. The van der Waals surface area contributed by atoms with Crippen molar-refractivity contribution in [3.8, 4) is 11.5 Å². The topological polar surface area (TPSA) is 47.6 Å². The van der Waals surface area contributed by atoms with E-state index in [2.05, 4.69) is 23.9 Å². The molecule has 1 aliphatic carbocycles. The van der Waals surface area contributed by atoms with E-state index >= 15 is 0 Å². The van der Waals surface area contributed by atoms with E-state index < -0.39 is 6.61 Å². The number of carbonyl (C=O) groups excluding carboxylic acids is 1. The van der Waals surface area contributed by atoms with Crippen LogP contribution in [0.2, 0.25) is 0 Å². The Kier molecular flexibility index (Phi) is 6.79. The van der Waals surface area contributed by atoms with Gasteiger partial charge in [0.15, 0.2) is 11.5 Å². The van der Waals surface area contributed by atoms with E-state index in [1.807, 2.05) is 0 Å². The van der Waals surface area contributed by atoms with Gasteiger partial charge in [-0.1, -0.05) is 38.8 Å². The van der Waals surface area contributed by atoms with Gasteiger partial charge in [0, 0.05) is 17.7 Å². The SMILES string of the molecule is COc1cccc(/C=C/C(=O)N[C@@H]2CCC[C@H](C)[C@H]2C)c1OC(F)F. The number of amides is 1. The molecule has 1 aromatic rings. The number of hydrogen-bond donors (Lipinski definition) is 1. The summed E-state index contributed by atoms with van der Waals surface area (Å²) in [6, 6.07) is 4.91. The van der Waals surface area contributed by atoms with E-state index in [0.717, 1.165) is 12.8 Å². The average Bonchev–Trinajstić information content (AvgIpc) is 2.57.